The van der Waals surface area contributed by atoms with Crippen LogP contribution in [0, 0.1) is 0 Å². The Kier molecular flexibility index (Phi) is 4.83. The molecule has 2 aromatic heterocycles. The molecular weight excluding hydrogens is 358 g/mol. The Morgan fingerprint density at radius 1 is 1.21 bits per heavy atom. The predicted molar refractivity (Wildman–Crippen MR) is 104 cm³/mol. The number of aromatic carboxylic acids is 1. The lowest BCUT2D eigenvalue weighted by Crippen LogP contribution is -2.34. The molecule has 0 spiro atoms. The van der Waals surface area contributed by atoms with Crippen LogP contribution in [0.2, 0.25) is 0 Å². The average Bonchev–Trinajstić information content (AvgIpc) is 2.69. The van der Waals surface area contributed by atoms with Crippen LogP contribution in [0.5, 0.6) is 5.75 Å². The molecular formula is C21H21N3O4. The van der Waals surface area contributed by atoms with Gasteiger partial charge in [-0.05, 0) is 55.1 Å². The highest BCUT2D eigenvalue weighted by atomic mass is 16.4. The molecule has 1 unspecified atom stereocenters. The molecule has 1 aromatic carbocycles. The highest BCUT2D eigenvalue weighted by Gasteiger charge is 2.23. The average molecular weight is 379 g/mol. The Balaban J connectivity index is 1.55. The standard InChI is InChI=1S/C21H21N3O4/c25-18-7-3-9-24-19(26)11-17(22-20(18)24)13-23-8-2-6-16(12-23)14-4-1-5-15(10-14)21(27)28/h1,3-5,7,9-11,16,25H,2,6,8,12-13H2,(H,27,28). The normalized spacial score (nSPS) is 17.6. The van der Waals surface area contributed by atoms with E-state index in [2.05, 4.69) is 9.88 Å². The molecule has 0 saturated carbocycles. The molecule has 0 aliphatic carbocycles. The third-order valence-electron chi connectivity index (χ3n) is 5.22. The molecule has 1 saturated heterocycles. The Morgan fingerprint density at radius 3 is 2.89 bits per heavy atom. The van der Waals surface area contributed by atoms with Gasteiger partial charge in [0.25, 0.3) is 5.56 Å². The number of carboxylic acid groups (broad SMARTS) is 1. The van der Waals surface area contributed by atoms with E-state index in [0.29, 0.717) is 17.8 Å². The van der Waals surface area contributed by atoms with Crippen molar-refractivity contribution in [1.29, 1.82) is 0 Å². The molecule has 7 heteroatoms. The largest absolute Gasteiger partial charge is 0.504 e. The van der Waals surface area contributed by atoms with Gasteiger partial charge in [0.15, 0.2) is 11.4 Å². The zero-order chi connectivity index (χ0) is 19.7. The number of fused-ring (bicyclic) bond motifs is 1. The van der Waals surface area contributed by atoms with Crippen LogP contribution in [0.1, 0.15) is 40.4 Å². The summed E-state index contributed by atoms with van der Waals surface area (Å²) in [7, 11) is 0. The van der Waals surface area contributed by atoms with Gasteiger partial charge in [0.1, 0.15) is 0 Å². The summed E-state index contributed by atoms with van der Waals surface area (Å²) in [6, 6.07) is 11.7. The molecule has 1 atom stereocenters. The summed E-state index contributed by atoms with van der Waals surface area (Å²) >= 11 is 0. The number of carboxylic acids is 1. The van der Waals surface area contributed by atoms with Crippen LogP contribution in [0.4, 0.5) is 0 Å². The number of hydrogen-bond acceptors (Lipinski definition) is 5. The van der Waals surface area contributed by atoms with Crippen molar-refractivity contribution in [3.63, 3.8) is 0 Å². The molecule has 2 N–H and O–H groups in total. The fourth-order valence-corrected chi connectivity index (χ4v) is 3.87. The Hall–Kier alpha value is -3.19. The lowest BCUT2D eigenvalue weighted by Gasteiger charge is -2.32. The Bertz CT molecular complexity index is 1090. The smallest absolute Gasteiger partial charge is 0.335 e. The molecule has 3 heterocycles. The van der Waals surface area contributed by atoms with Crippen LogP contribution in [-0.4, -0.2) is 43.6 Å². The minimum Gasteiger partial charge on any atom is -0.504 e. The van der Waals surface area contributed by atoms with Crippen molar-refractivity contribution in [3.05, 3.63) is 75.8 Å². The van der Waals surface area contributed by atoms with Gasteiger partial charge >= 0.3 is 5.97 Å². The molecule has 1 fully saturated rings. The zero-order valence-corrected chi connectivity index (χ0v) is 15.3. The fourth-order valence-electron chi connectivity index (χ4n) is 3.87. The van der Waals surface area contributed by atoms with Crippen LogP contribution < -0.4 is 5.56 Å². The van der Waals surface area contributed by atoms with Crippen LogP contribution >= 0.6 is 0 Å². The summed E-state index contributed by atoms with van der Waals surface area (Å²) in [5, 5.41) is 19.2. The van der Waals surface area contributed by atoms with Crippen molar-refractivity contribution in [2.45, 2.75) is 25.3 Å². The molecule has 1 aliphatic heterocycles. The van der Waals surface area contributed by atoms with E-state index in [0.717, 1.165) is 31.5 Å². The lowest BCUT2D eigenvalue weighted by molar-refractivity contribution is 0.0696. The highest BCUT2D eigenvalue weighted by Crippen LogP contribution is 2.28. The van der Waals surface area contributed by atoms with Gasteiger partial charge < -0.3 is 10.2 Å². The van der Waals surface area contributed by atoms with Gasteiger partial charge in [-0.2, -0.15) is 0 Å². The van der Waals surface area contributed by atoms with Crippen molar-refractivity contribution in [2.75, 3.05) is 13.1 Å². The highest BCUT2D eigenvalue weighted by molar-refractivity contribution is 5.87. The van der Waals surface area contributed by atoms with Crippen molar-refractivity contribution in [2.24, 2.45) is 0 Å². The monoisotopic (exact) mass is 379 g/mol. The maximum Gasteiger partial charge on any atom is 0.335 e. The van der Waals surface area contributed by atoms with E-state index in [9.17, 15) is 19.8 Å². The van der Waals surface area contributed by atoms with E-state index in [1.807, 2.05) is 6.07 Å². The van der Waals surface area contributed by atoms with Crippen molar-refractivity contribution in [1.82, 2.24) is 14.3 Å². The first kappa shape index (κ1) is 18.2. The van der Waals surface area contributed by atoms with E-state index in [-0.39, 0.29) is 22.9 Å². The van der Waals surface area contributed by atoms with Crippen LogP contribution in [-0.2, 0) is 6.54 Å². The summed E-state index contributed by atoms with van der Waals surface area (Å²) in [5.74, 6) is -0.707. The van der Waals surface area contributed by atoms with Gasteiger partial charge in [-0.3, -0.25) is 14.1 Å². The Labute approximate surface area is 161 Å². The molecule has 0 amide bonds. The first-order chi connectivity index (χ1) is 13.5. The number of likely N-dealkylation sites (tertiary alicyclic amines) is 1. The number of carbonyl (C=O) groups is 1. The lowest BCUT2D eigenvalue weighted by atomic mass is 9.89. The van der Waals surface area contributed by atoms with Crippen LogP contribution in [0.3, 0.4) is 0 Å². The second-order valence-corrected chi connectivity index (χ2v) is 7.18. The summed E-state index contributed by atoms with van der Waals surface area (Å²) in [5.41, 5.74) is 1.97. The molecule has 28 heavy (non-hydrogen) atoms. The van der Waals surface area contributed by atoms with Gasteiger partial charge in [0, 0.05) is 25.4 Å². The van der Waals surface area contributed by atoms with E-state index in [1.54, 1.807) is 30.5 Å². The number of pyridine rings is 1. The third-order valence-corrected chi connectivity index (χ3v) is 5.22. The Morgan fingerprint density at radius 2 is 2.07 bits per heavy atom. The van der Waals surface area contributed by atoms with Crippen molar-refractivity contribution >= 4 is 11.6 Å². The molecule has 144 valence electrons. The first-order valence-corrected chi connectivity index (χ1v) is 9.27. The van der Waals surface area contributed by atoms with Crippen molar-refractivity contribution in [3.8, 4) is 5.75 Å². The maximum absolute atomic E-state index is 12.3. The SMILES string of the molecule is O=C(O)c1cccc(C2CCCN(Cc3cc(=O)n4cccc(O)c4n3)C2)c1. The quantitative estimate of drug-likeness (QED) is 0.723. The number of nitrogens with zero attached hydrogens (tertiary/aromatic N) is 3. The van der Waals surface area contributed by atoms with Gasteiger partial charge in [-0.1, -0.05) is 12.1 Å². The number of aromatic nitrogens is 2. The van der Waals surface area contributed by atoms with Gasteiger partial charge in [-0.25, -0.2) is 9.78 Å². The van der Waals surface area contributed by atoms with Crippen molar-refractivity contribution < 1.29 is 15.0 Å². The number of benzene rings is 1. The summed E-state index contributed by atoms with van der Waals surface area (Å²) in [6.45, 7) is 2.16. The molecule has 0 radical (unpaired) electrons. The van der Waals surface area contributed by atoms with E-state index >= 15 is 0 Å². The number of piperidine rings is 1. The van der Waals surface area contributed by atoms with E-state index < -0.39 is 5.97 Å². The second kappa shape index (κ2) is 7.44. The third kappa shape index (κ3) is 3.61. The molecule has 3 aromatic rings. The number of rotatable bonds is 4. The van der Waals surface area contributed by atoms with Crippen LogP contribution in [0.25, 0.3) is 5.65 Å². The van der Waals surface area contributed by atoms with E-state index in [4.69, 9.17) is 0 Å². The van der Waals surface area contributed by atoms with Gasteiger partial charge in [-0.15, -0.1) is 0 Å². The van der Waals surface area contributed by atoms with E-state index in [1.165, 1.54) is 16.5 Å². The minimum absolute atomic E-state index is 0.0246. The minimum atomic E-state index is -0.921. The van der Waals surface area contributed by atoms with Gasteiger partial charge in [0.2, 0.25) is 0 Å². The zero-order valence-electron chi connectivity index (χ0n) is 15.3. The summed E-state index contributed by atoms with van der Waals surface area (Å²) in [6.07, 6.45) is 3.56. The van der Waals surface area contributed by atoms with Crippen LogP contribution in [0.15, 0.2) is 53.5 Å². The molecule has 0 bridgehead atoms. The number of aromatic hydroxyl groups is 1. The second-order valence-electron chi connectivity index (χ2n) is 7.18. The number of hydrogen-bond donors (Lipinski definition) is 2. The maximum atomic E-state index is 12.3. The van der Waals surface area contributed by atoms with Gasteiger partial charge in [0.05, 0.1) is 11.3 Å². The topological polar surface area (TPSA) is 95.1 Å². The molecule has 1 aliphatic rings. The predicted octanol–water partition coefficient (Wildman–Crippen LogP) is 2.48. The molecule has 7 nitrogen and oxygen atoms in total. The molecule has 4 rings (SSSR count). The summed E-state index contributed by atoms with van der Waals surface area (Å²) in [4.78, 5) is 30.2. The summed E-state index contributed by atoms with van der Waals surface area (Å²) < 4.78 is 1.33. The first-order valence-electron chi connectivity index (χ1n) is 9.27. The fraction of sp³-hybridized carbons (Fsp3) is 0.286.